The Morgan fingerprint density at radius 3 is 2.65 bits per heavy atom. The lowest BCUT2D eigenvalue weighted by Gasteiger charge is -2.28. The molecule has 0 amide bonds. The normalized spacial score (nSPS) is 23.9. The second-order valence-electron chi connectivity index (χ2n) is 6.29. The molecule has 1 atom stereocenters. The minimum Gasteiger partial charge on any atom is -0.481 e. The van der Waals surface area contributed by atoms with Gasteiger partial charge >= 0.3 is 5.97 Å². The average Bonchev–Trinajstić information content (AvgIpc) is 2.96. The van der Waals surface area contributed by atoms with Crippen LogP contribution >= 0.6 is 0 Å². The molecule has 20 heavy (non-hydrogen) atoms. The first-order chi connectivity index (χ1) is 9.36. The van der Waals surface area contributed by atoms with E-state index in [-0.39, 0.29) is 12.0 Å². The van der Waals surface area contributed by atoms with Gasteiger partial charge in [0.15, 0.2) is 0 Å². The Balaban J connectivity index is 2.10. The highest BCUT2D eigenvalue weighted by Gasteiger charge is 2.47. The van der Waals surface area contributed by atoms with Crippen LogP contribution in [-0.4, -0.2) is 43.8 Å². The largest absolute Gasteiger partial charge is 0.481 e. The number of aliphatic carboxylic acids is 1. The summed E-state index contributed by atoms with van der Waals surface area (Å²) in [6, 6.07) is 0.268. The molecular weight excluding hydrogens is 256 g/mol. The average molecular weight is 280 g/mol. The van der Waals surface area contributed by atoms with Gasteiger partial charge in [0.05, 0.1) is 12.0 Å². The van der Waals surface area contributed by atoms with Gasteiger partial charge in [0.2, 0.25) is 0 Å². The predicted molar refractivity (Wildman–Crippen MR) is 75.2 cm³/mol. The van der Waals surface area contributed by atoms with Crippen LogP contribution in [0.5, 0.6) is 0 Å². The molecule has 1 aromatic heterocycles. The molecule has 112 valence electrons. The molecule has 1 saturated heterocycles. The van der Waals surface area contributed by atoms with E-state index < -0.39 is 11.4 Å². The molecule has 6 nitrogen and oxygen atoms in total. The number of likely N-dealkylation sites (tertiary alicyclic amines) is 1. The van der Waals surface area contributed by atoms with E-state index >= 15 is 0 Å². The van der Waals surface area contributed by atoms with Crippen molar-refractivity contribution in [2.45, 2.75) is 46.7 Å². The van der Waals surface area contributed by atoms with Gasteiger partial charge in [-0.05, 0) is 32.7 Å². The van der Waals surface area contributed by atoms with Crippen LogP contribution in [0.4, 0.5) is 0 Å². The van der Waals surface area contributed by atoms with Crippen molar-refractivity contribution in [1.82, 2.24) is 19.7 Å². The zero-order valence-corrected chi connectivity index (χ0v) is 12.7. The fourth-order valence-corrected chi connectivity index (χ4v) is 2.96. The van der Waals surface area contributed by atoms with Gasteiger partial charge in [-0.15, -0.1) is 0 Å². The first kappa shape index (κ1) is 15.0. The van der Waals surface area contributed by atoms with Crippen LogP contribution in [0.25, 0.3) is 0 Å². The lowest BCUT2D eigenvalue weighted by Crippen LogP contribution is -2.39. The van der Waals surface area contributed by atoms with Crippen molar-refractivity contribution in [2.24, 2.45) is 11.3 Å². The summed E-state index contributed by atoms with van der Waals surface area (Å²) in [5.74, 6) is 0.359. The predicted octanol–water partition coefficient (Wildman–Crippen LogP) is 1.79. The Hall–Kier alpha value is -1.43. The van der Waals surface area contributed by atoms with Crippen LogP contribution < -0.4 is 0 Å². The van der Waals surface area contributed by atoms with Gasteiger partial charge in [-0.2, -0.15) is 5.10 Å². The van der Waals surface area contributed by atoms with Crippen LogP contribution in [0.15, 0.2) is 6.33 Å². The zero-order valence-electron chi connectivity index (χ0n) is 12.7. The molecule has 0 bridgehead atoms. The number of carboxylic acids is 1. The summed E-state index contributed by atoms with van der Waals surface area (Å²) in [5.41, 5.74) is -0.622. The molecule has 1 N–H and O–H groups in total. The number of carboxylic acid groups (broad SMARTS) is 1. The molecule has 0 aromatic carbocycles. The van der Waals surface area contributed by atoms with Crippen molar-refractivity contribution < 1.29 is 9.90 Å². The highest BCUT2D eigenvalue weighted by Crippen LogP contribution is 2.38. The molecular formula is C14H24N4O2. The molecule has 1 aliphatic rings. The van der Waals surface area contributed by atoms with E-state index in [4.69, 9.17) is 0 Å². The first-order valence-corrected chi connectivity index (χ1v) is 7.21. The maximum absolute atomic E-state index is 11.6. The number of rotatable bonds is 5. The molecule has 2 heterocycles. The maximum Gasteiger partial charge on any atom is 0.311 e. The van der Waals surface area contributed by atoms with Crippen molar-refractivity contribution in [1.29, 1.82) is 0 Å². The number of aromatic nitrogens is 3. The third-order valence-corrected chi connectivity index (χ3v) is 4.41. The summed E-state index contributed by atoms with van der Waals surface area (Å²) in [4.78, 5) is 18.1. The fraction of sp³-hybridized carbons (Fsp3) is 0.786. The molecule has 1 aromatic rings. The summed E-state index contributed by atoms with van der Waals surface area (Å²) in [6.07, 6.45) is 2.27. The van der Waals surface area contributed by atoms with Gasteiger partial charge in [-0.3, -0.25) is 9.69 Å². The highest BCUT2D eigenvalue weighted by atomic mass is 16.4. The van der Waals surface area contributed by atoms with Crippen molar-refractivity contribution in [2.75, 3.05) is 13.1 Å². The van der Waals surface area contributed by atoms with Crippen LogP contribution in [0, 0.1) is 11.3 Å². The molecule has 1 fully saturated rings. The van der Waals surface area contributed by atoms with Crippen LogP contribution in [0.2, 0.25) is 0 Å². The Kier molecular flexibility index (Phi) is 4.13. The van der Waals surface area contributed by atoms with E-state index in [2.05, 4.69) is 28.8 Å². The topological polar surface area (TPSA) is 71.2 Å². The Morgan fingerprint density at radius 1 is 1.45 bits per heavy atom. The number of carbonyl (C=O) groups is 1. The Morgan fingerprint density at radius 2 is 2.15 bits per heavy atom. The third-order valence-electron chi connectivity index (χ3n) is 4.41. The minimum atomic E-state index is -0.680. The van der Waals surface area contributed by atoms with Gasteiger partial charge < -0.3 is 5.11 Å². The van der Waals surface area contributed by atoms with Gasteiger partial charge in [-0.1, -0.05) is 13.8 Å². The van der Waals surface area contributed by atoms with E-state index in [1.807, 2.05) is 18.5 Å². The van der Waals surface area contributed by atoms with E-state index in [1.165, 1.54) is 0 Å². The molecule has 2 rings (SSSR count). The standard InChI is InChI=1S/C14H24N4O2/c1-10(2)14(13(19)20)5-6-17(8-14)7-12-15-9-16-18(12)11(3)4/h9-11H,5-8H2,1-4H3,(H,19,20). The quantitative estimate of drug-likeness (QED) is 0.890. The monoisotopic (exact) mass is 280 g/mol. The summed E-state index contributed by atoms with van der Waals surface area (Å²) in [7, 11) is 0. The van der Waals surface area contributed by atoms with Gasteiger partial charge in [0.1, 0.15) is 12.2 Å². The lowest BCUT2D eigenvalue weighted by molar-refractivity contribution is -0.151. The van der Waals surface area contributed by atoms with Crippen molar-refractivity contribution >= 4 is 5.97 Å². The summed E-state index contributed by atoms with van der Waals surface area (Å²) in [5, 5.41) is 13.8. The summed E-state index contributed by atoms with van der Waals surface area (Å²) < 4.78 is 1.90. The third kappa shape index (κ3) is 2.57. The van der Waals surface area contributed by atoms with Gasteiger partial charge in [0, 0.05) is 12.6 Å². The molecule has 0 aliphatic carbocycles. The van der Waals surface area contributed by atoms with Crippen LogP contribution in [0.3, 0.4) is 0 Å². The molecule has 1 aliphatic heterocycles. The SMILES string of the molecule is CC(C)n1ncnc1CN1CCC(C(=O)O)(C(C)C)C1. The molecule has 1 unspecified atom stereocenters. The number of nitrogens with zero attached hydrogens (tertiary/aromatic N) is 4. The van der Waals surface area contributed by atoms with Crippen molar-refractivity contribution in [3.05, 3.63) is 12.2 Å². The Bertz CT molecular complexity index is 483. The van der Waals surface area contributed by atoms with E-state index in [1.54, 1.807) is 6.33 Å². The van der Waals surface area contributed by atoms with Crippen molar-refractivity contribution in [3.63, 3.8) is 0 Å². The zero-order chi connectivity index (χ0) is 14.9. The van der Waals surface area contributed by atoms with Crippen molar-refractivity contribution in [3.8, 4) is 0 Å². The molecule has 0 spiro atoms. The minimum absolute atomic E-state index is 0.132. The molecule has 0 saturated carbocycles. The fourth-order valence-electron chi connectivity index (χ4n) is 2.96. The smallest absolute Gasteiger partial charge is 0.311 e. The van der Waals surface area contributed by atoms with Crippen LogP contribution in [0.1, 0.15) is 46.0 Å². The van der Waals surface area contributed by atoms with Crippen LogP contribution in [-0.2, 0) is 11.3 Å². The summed E-state index contributed by atoms with van der Waals surface area (Å²) in [6.45, 7) is 10.2. The first-order valence-electron chi connectivity index (χ1n) is 7.21. The number of hydrogen-bond acceptors (Lipinski definition) is 4. The second kappa shape index (κ2) is 5.52. The number of hydrogen-bond donors (Lipinski definition) is 1. The van der Waals surface area contributed by atoms with E-state index in [0.29, 0.717) is 19.5 Å². The summed E-state index contributed by atoms with van der Waals surface area (Å²) >= 11 is 0. The van der Waals surface area contributed by atoms with Gasteiger partial charge in [-0.25, -0.2) is 9.67 Å². The Labute approximate surface area is 119 Å². The molecule has 6 heteroatoms. The second-order valence-corrected chi connectivity index (χ2v) is 6.29. The van der Waals surface area contributed by atoms with E-state index in [0.717, 1.165) is 12.4 Å². The highest BCUT2D eigenvalue weighted by molar-refractivity contribution is 5.75. The van der Waals surface area contributed by atoms with Gasteiger partial charge in [0.25, 0.3) is 0 Å². The molecule has 0 radical (unpaired) electrons. The maximum atomic E-state index is 11.6. The lowest BCUT2D eigenvalue weighted by atomic mass is 9.76. The van der Waals surface area contributed by atoms with E-state index in [9.17, 15) is 9.90 Å².